The Kier molecular flexibility index (Phi) is 2.22. The number of benzene rings is 1. The fourth-order valence-corrected chi connectivity index (χ4v) is 1.56. The van der Waals surface area contributed by atoms with Crippen molar-refractivity contribution in [1.82, 2.24) is 15.0 Å². The van der Waals surface area contributed by atoms with Crippen LogP contribution >= 0.6 is 0 Å². The topological polar surface area (TPSA) is 54.5 Å². The summed E-state index contributed by atoms with van der Waals surface area (Å²) in [5, 5.41) is 16.5. The summed E-state index contributed by atoms with van der Waals surface area (Å²) in [7, 11) is 1.86. The largest absolute Gasteiger partial charge is 0.248 e. The van der Waals surface area contributed by atoms with E-state index in [2.05, 4.69) is 10.3 Å². The third-order valence-corrected chi connectivity index (χ3v) is 2.42. The molecule has 0 amide bonds. The highest BCUT2D eigenvalue weighted by molar-refractivity contribution is 5.82. The van der Waals surface area contributed by atoms with Crippen LogP contribution in [0.4, 0.5) is 0 Å². The molecule has 0 saturated heterocycles. The molecule has 0 aliphatic rings. The maximum atomic E-state index is 8.47. The molecule has 0 saturated carbocycles. The van der Waals surface area contributed by atoms with Crippen molar-refractivity contribution >= 4 is 17.1 Å². The standard InChI is InChI=1S/C11H10N4/c1-8-9(4-3-7-12)5-6-10-11(8)13-14-15(10)2/h3-6H,1-2H3/b4-3+. The second-order valence-electron chi connectivity index (χ2n) is 3.32. The van der Waals surface area contributed by atoms with Crippen LogP contribution in [0.25, 0.3) is 17.1 Å². The van der Waals surface area contributed by atoms with Crippen LogP contribution < -0.4 is 0 Å². The molecule has 0 fully saturated rings. The highest BCUT2D eigenvalue weighted by Crippen LogP contribution is 2.19. The second kappa shape index (κ2) is 3.54. The first-order valence-corrected chi connectivity index (χ1v) is 4.59. The molecule has 1 aromatic carbocycles. The summed E-state index contributed by atoms with van der Waals surface area (Å²) in [4.78, 5) is 0. The first kappa shape index (κ1) is 9.41. The molecule has 0 N–H and O–H groups in total. The first-order valence-electron chi connectivity index (χ1n) is 4.59. The van der Waals surface area contributed by atoms with Crippen molar-refractivity contribution in [1.29, 1.82) is 5.26 Å². The fourth-order valence-electron chi connectivity index (χ4n) is 1.56. The van der Waals surface area contributed by atoms with E-state index in [1.54, 1.807) is 10.8 Å². The van der Waals surface area contributed by atoms with Crippen LogP contribution in [0, 0.1) is 18.3 Å². The summed E-state index contributed by atoms with van der Waals surface area (Å²) in [5.74, 6) is 0. The normalized spacial score (nSPS) is 11.0. The quantitative estimate of drug-likeness (QED) is 0.657. The van der Waals surface area contributed by atoms with Crippen LogP contribution in [0.1, 0.15) is 11.1 Å². The van der Waals surface area contributed by atoms with Gasteiger partial charge in [0, 0.05) is 13.1 Å². The molecule has 0 atom stereocenters. The number of aryl methyl sites for hydroxylation is 2. The number of aromatic nitrogens is 3. The van der Waals surface area contributed by atoms with Crippen molar-refractivity contribution in [3.63, 3.8) is 0 Å². The summed E-state index contributed by atoms with van der Waals surface area (Å²) in [6, 6.07) is 5.90. The number of hydrogen-bond donors (Lipinski definition) is 0. The smallest absolute Gasteiger partial charge is 0.116 e. The van der Waals surface area contributed by atoms with Crippen LogP contribution in [0.5, 0.6) is 0 Å². The lowest BCUT2D eigenvalue weighted by atomic mass is 10.1. The maximum absolute atomic E-state index is 8.47. The van der Waals surface area contributed by atoms with E-state index in [9.17, 15) is 0 Å². The van der Waals surface area contributed by atoms with Gasteiger partial charge in [0.15, 0.2) is 0 Å². The van der Waals surface area contributed by atoms with Gasteiger partial charge < -0.3 is 0 Å². The molecule has 0 aliphatic heterocycles. The van der Waals surface area contributed by atoms with Crippen LogP contribution in [0.2, 0.25) is 0 Å². The summed E-state index contributed by atoms with van der Waals surface area (Å²) in [6.45, 7) is 1.98. The van der Waals surface area contributed by atoms with Crippen molar-refractivity contribution in [2.24, 2.45) is 7.05 Å². The molecular weight excluding hydrogens is 188 g/mol. The van der Waals surface area contributed by atoms with Gasteiger partial charge in [-0.15, -0.1) is 5.10 Å². The summed E-state index contributed by atoms with van der Waals surface area (Å²) in [5.41, 5.74) is 3.94. The molecular formula is C11H10N4. The van der Waals surface area contributed by atoms with Crippen molar-refractivity contribution in [3.8, 4) is 6.07 Å². The lowest BCUT2D eigenvalue weighted by Gasteiger charge is -2.00. The van der Waals surface area contributed by atoms with E-state index in [4.69, 9.17) is 5.26 Å². The number of allylic oxidation sites excluding steroid dienone is 1. The van der Waals surface area contributed by atoms with Crippen molar-refractivity contribution in [3.05, 3.63) is 29.3 Å². The Labute approximate surface area is 87.4 Å². The minimum absolute atomic E-state index is 0.887. The number of fused-ring (bicyclic) bond motifs is 1. The predicted octanol–water partition coefficient (Wildman–Crippen LogP) is 1.81. The third kappa shape index (κ3) is 1.48. The molecule has 74 valence electrons. The second-order valence-corrected chi connectivity index (χ2v) is 3.32. The number of nitrogens with zero attached hydrogens (tertiary/aromatic N) is 4. The van der Waals surface area contributed by atoms with E-state index in [0.717, 1.165) is 22.2 Å². The Balaban J connectivity index is 2.66. The monoisotopic (exact) mass is 198 g/mol. The molecule has 0 spiro atoms. The molecule has 0 radical (unpaired) electrons. The zero-order valence-electron chi connectivity index (χ0n) is 8.60. The van der Waals surface area contributed by atoms with Gasteiger partial charge in [-0.25, -0.2) is 4.68 Å². The minimum atomic E-state index is 0.887. The minimum Gasteiger partial charge on any atom is -0.248 e. The van der Waals surface area contributed by atoms with Crippen LogP contribution in [0.3, 0.4) is 0 Å². The molecule has 0 bridgehead atoms. The van der Waals surface area contributed by atoms with Gasteiger partial charge in [0.1, 0.15) is 5.52 Å². The number of hydrogen-bond acceptors (Lipinski definition) is 3. The average molecular weight is 198 g/mol. The maximum Gasteiger partial charge on any atom is 0.116 e. The van der Waals surface area contributed by atoms with Gasteiger partial charge in [0.05, 0.1) is 11.6 Å². The van der Waals surface area contributed by atoms with Gasteiger partial charge in [-0.1, -0.05) is 11.3 Å². The third-order valence-electron chi connectivity index (χ3n) is 2.42. The molecule has 1 aromatic heterocycles. The van der Waals surface area contributed by atoms with Crippen LogP contribution in [-0.4, -0.2) is 15.0 Å². The van der Waals surface area contributed by atoms with E-state index in [-0.39, 0.29) is 0 Å². The van der Waals surface area contributed by atoms with Gasteiger partial charge in [-0.2, -0.15) is 5.26 Å². The lowest BCUT2D eigenvalue weighted by Crippen LogP contribution is -1.89. The highest BCUT2D eigenvalue weighted by Gasteiger charge is 2.06. The molecule has 1 heterocycles. The van der Waals surface area contributed by atoms with E-state index in [1.807, 2.05) is 32.2 Å². The Morgan fingerprint density at radius 3 is 3.00 bits per heavy atom. The van der Waals surface area contributed by atoms with Gasteiger partial charge in [0.2, 0.25) is 0 Å². The molecule has 2 aromatic rings. The average Bonchev–Trinajstić information content (AvgIpc) is 2.61. The molecule has 2 rings (SSSR count). The van der Waals surface area contributed by atoms with E-state index in [1.165, 1.54) is 6.08 Å². The Hall–Kier alpha value is -2.15. The number of nitriles is 1. The molecule has 0 unspecified atom stereocenters. The first-order chi connectivity index (χ1) is 7.24. The fraction of sp³-hybridized carbons (Fsp3) is 0.182. The summed E-state index contributed by atoms with van der Waals surface area (Å²) >= 11 is 0. The predicted molar refractivity (Wildman–Crippen MR) is 57.9 cm³/mol. The molecule has 15 heavy (non-hydrogen) atoms. The SMILES string of the molecule is Cc1c(/C=C/C#N)ccc2c1nnn2C. The van der Waals surface area contributed by atoms with Gasteiger partial charge in [0.25, 0.3) is 0 Å². The molecule has 0 aliphatic carbocycles. The van der Waals surface area contributed by atoms with Gasteiger partial charge in [-0.05, 0) is 30.2 Å². The Morgan fingerprint density at radius 2 is 2.27 bits per heavy atom. The Bertz CT molecular complexity index is 572. The molecule has 4 nitrogen and oxygen atoms in total. The zero-order chi connectivity index (χ0) is 10.8. The van der Waals surface area contributed by atoms with Crippen molar-refractivity contribution in [2.75, 3.05) is 0 Å². The lowest BCUT2D eigenvalue weighted by molar-refractivity contribution is 0.736. The van der Waals surface area contributed by atoms with Crippen LogP contribution in [0.15, 0.2) is 18.2 Å². The van der Waals surface area contributed by atoms with E-state index in [0.29, 0.717) is 0 Å². The van der Waals surface area contributed by atoms with Gasteiger partial charge >= 0.3 is 0 Å². The van der Waals surface area contributed by atoms with Gasteiger partial charge in [-0.3, -0.25) is 0 Å². The highest BCUT2D eigenvalue weighted by atomic mass is 15.4. The van der Waals surface area contributed by atoms with Crippen molar-refractivity contribution in [2.45, 2.75) is 6.92 Å². The van der Waals surface area contributed by atoms with E-state index < -0.39 is 0 Å². The zero-order valence-corrected chi connectivity index (χ0v) is 8.60. The summed E-state index contributed by atoms with van der Waals surface area (Å²) < 4.78 is 1.74. The molecule has 4 heteroatoms. The van der Waals surface area contributed by atoms with E-state index >= 15 is 0 Å². The number of rotatable bonds is 1. The Morgan fingerprint density at radius 1 is 1.47 bits per heavy atom. The summed E-state index contributed by atoms with van der Waals surface area (Å²) in [6.07, 6.45) is 3.24. The van der Waals surface area contributed by atoms with Crippen molar-refractivity contribution < 1.29 is 0 Å². The van der Waals surface area contributed by atoms with Crippen LogP contribution in [-0.2, 0) is 7.05 Å².